The van der Waals surface area contributed by atoms with Gasteiger partial charge in [-0.1, -0.05) is 11.8 Å². The number of aliphatic hydroxyl groups is 1. The van der Waals surface area contributed by atoms with Gasteiger partial charge in [0.2, 0.25) is 5.91 Å². The van der Waals surface area contributed by atoms with Gasteiger partial charge >= 0.3 is 0 Å². The molecule has 0 aliphatic carbocycles. The zero-order valence-electron chi connectivity index (χ0n) is 11.7. The molecule has 2 N–H and O–H groups in total. The first-order valence-corrected chi connectivity index (χ1v) is 7.83. The number of carbonyl (C=O) groups is 2. The molecule has 1 aromatic heterocycles. The Balaban J connectivity index is 1.83. The lowest BCUT2D eigenvalue weighted by Gasteiger charge is -2.15. The third kappa shape index (κ3) is 4.59. The van der Waals surface area contributed by atoms with E-state index < -0.39 is 0 Å². The first-order chi connectivity index (χ1) is 10.2. The van der Waals surface area contributed by atoms with Crippen LogP contribution in [0.15, 0.2) is 11.4 Å². The summed E-state index contributed by atoms with van der Waals surface area (Å²) in [6, 6.07) is 1.70. The van der Waals surface area contributed by atoms with Gasteiger partial charge in [-0.05, 0) is 18.9 Å². The second kappa shape index (κ2) is 7.81. The number of hydrogen-bond acceptors (Lipinski definition) is 4. The lowest BCUT2D eigenvalue weighted by Crippen LogP contribution is -2.38. The fourth-order valence-corrected chi connectivity index (χ4v) is 2.82. The largest absolute Gasteiger partial charge is 0.395 e. The molecule has 2 amide bonds. The average Bonchev–Trinajstić information content (AvgIpc) is 3.16. The van der Waals surface area contributed by atoms with Crippen molar-refractivity contribution in [2.75, 3.05) is 26.2 Å². The lowest BCUT2D eigenvalue weighted by atomic mass is 10.3. The predicted octanol–water partition coefficient (Wildman–Crippen LogP) is 0.834. The first-order valence-electron chi connectivity index (χ1n) is 6.95. The summed E-state index contributed by atoms with van der Waals surface area (Å²) >= 11 is 1.38. The Bertz CT molecular complexity index is 565. The molecule has 0 radical (unpaired) electrons. The molecule has 1 aliphatic heterocycles. The van der Waals surface area contributed by atoms with Gasteiger partial charge < -0.3 is 15.3 Å². The van der Waals surface area contributed by atoms with Gasteiger partial charge in [0.15, 0.2) is 0 Å². The zero-order chi connectivity index (χ0) is 15.1. The summed E-state index contributed by atoms with van der Waals surface area (Å²) in [6.07, 6.45) is 2.50. The Labute approximate surface area is 128 Å². The topological polar surface area (TPSA) is 69.6 Å². The Morgan fingerprint density at radius 1 is 1.38 bits per heavy atom. The Morgan fingerprint density at radius 2 is 2.14 bits per heavy atom. The van der Waals surface area contributed by atoms with E-state index in [9.17, 15) is 9.59 Å². The second-order valence-electron chi connectivity index (χ2n) is 4.75. The van der Waals surface area contributed by atoms with Crippen LogP contribution in [0.1, 0.15) is 34.5 Å². The van der Waals surface area contributed by atoms with E-state index in [1.807, 2.05) is 0 Å². The van der Waals surface area contributed by atoms with Crippen molar-refractivity contribution >= 4 is 23.2 Å². The van der Waals surface area contributed by atoms with Crippen molar-refractivity contribution in [3.8, 4) is 11.8 Å². The number of thiophene rings is 1. The van der Waals surface area contributed by atoms with Crippen molar-refractivity contribution in [2.45, 2.75) is 19.3 Å². The van der Waals surface area contributed by atoms with E-state index >= 15 is 0 Å². The smallest absolute Gasteiger partial charge is 0.252 e. The van der Waals surface area contributed by atoms with E-state index in [1.54, 1.807) is 16.3 Å². The van der Waals surface area contributed by atoms with Crippen molar-refractivity contribution in [2.24, 2.45) is 0 Å². The highest BCUT2D eigenvalue weighted by molar-refractivity contribution is 7.10. The van der Waals surface area contributed by atoms with Crippen molar-refractivity contribution in [1.29, 1.82) is 0 Å². The van der Waals surface area contributed by atoms with Crippen LogP contribution in [0.4, 0.5) is 0 Å². The Morgan fingerprint density at radius 3 is 2.86 bits per heavy atom. The maximum absolute atomic E-state index is 11.9. The van der Waals surface area contributed by atoms with Gasteiger partial charge in [0.1, 0.15) is 0 Å². The molecule has 0 unspecified atom stereocenters. The number of rotatable bonds is 4. The molecular weight excluding hydrogens is 288 g/mol. The van der Waals surface area contributed by atoms with Crippen molar-refractivity contribution < 1.29 is 14.7 Å². The number of hydrogen-bond donors (Lipinski definition) is 2. The molecule has 2 heterocycles. The zero-order valence-corrected chi connectivity index (χ0v) is 12.5. The molecule has 5 nitrogen and oxygen atoms in total. The van der Waals surface area contributed by atoms with E-state index in [1.165, 1.54) is 11.3 Å². The molecule has 1 aromatic rings. The van der Waals surface area contributed by atoms with Crippen LogP contribution in [0, 0.1) is 11.8 Å². The van der Waals surface area contributed by atoms with Gasteiger partial charge in [-0.25, -0.2) is 0 Å². The number of nitrogens with one attached hydrogen (secondary N) is 1. The van der Waals surface area contributed by atoms with E-state index in [4.69, 9.17) is 5.11 Å². The van der Waals surface area contributed by atoms with Crippen LogP contribution in [0.25, 0.3) is 0 Å². The van der Waals surface area contributed by atoms with Gasteiger partial charge in [-0.15, -0.1) is 11.3 Å². The minimum Gasteiger partial charge on any atom is -0.395 e. The molecule has 21 heavy (non-hydrogen) atoms. The Hall–Kier alpha value is -1.84. The van der Waals surface area contributed by atoms with Crippen LogP contribution in [-0.4, -0.2) is 48.1 Å². The third-order valence-corrected chi connectivity index (χ3v) is 4.01. The average molecular weight is 306 g/mol. The van der Waals surface area contributed by atoms with Gasteiger partial charge in [-0.2, -0.15) is 0 Å². The minimum absolute atomic E-state index is 0.0287. The quantitative estimate of drug-likeness (QED) is 0.810. The SMILES string of the molecule is O=C(NCC(=O)N1CCCC1)c1csc(C#CCCO)c1. The van der Waals surface area contributed by atoms with Crippen LogP contribution >= 0.6 is 11.3 Å². The lowest BCUT2D eigenvalue weighted by molar-refractivity contribution is -0.129. The molecule has 1 fully saturated rings. The molecule has 0 aromatic carbocycles. The van der Waals surface area contributed by atoms with E-state index in [2.05, 4.69) is 17.2 Å². The van der Waals surface area contributed by atoms with Crippen LogP contribution in [0.5, 0.6) is 0 Å². The fourth-order valence-electron chi connectivity index (χ4n) is 2.06. The maximum Gasteiger partial charge on any atom is 0.252 e. The van der Waals surface area contributed by atoms with E-state index in [-0.39, 0.29) is 25.0 Å². The molecule has 0 spiro atoms. The predicted molar refractivity (Wildman–Crippen MR) is 81.0 cm³/mol. The second-order valence-corrected chi connectivity index (χ2v) is 5.66. The van der Waals surface area contributed by atoms with E-state index in [0.29, 0.717) is 12.0 Å². The molecule has 112 valence electrons. The summed E-state index contributed by atoms with van der Waals surface area (Å²) in [5.41, 5.74) is 0.516. The minimum atomic E-state index is -0.256. The number of nitrogens with zero attached hydrogens (tertiary/aromatic N) is 1. The fraction of sp³-hybridized carbons (Fsp3) is 0.467. The normalized spacial score (nSPS) is 13.7. The van der Waals surface area contributed by atoms with Crippen molar-refractivity contribution in [1.82, 2.24) is 10.2 Å². The number of aliphatic hydroxyl groups excluding tert-OH is 1. The summed E-state index contributed by atoms with van der Waals surface area (Å²) in [7, 11) is 0. The maximum atomic E-state index is 11.9. The highest BCUT2D eigenvalue weighted by Crippen LogP contribution is 2.13. The molecule has 1 aliphatic rings. The highest BCUT2D eigenvalue weighted by atomic mass is 32.1. The highest BCUT2D eigenvalue weighted by Gasteiger charge is 2.18. The molecule has 6 heteroatoms. The van der Waals surface area contributed by atoms with Crippen LogP contribution in [-0.2, 0) is 4.79 Å². The van der Waals surface area contributed by atoms with Crippen LogP contribution in [0.3, 0.4) is 0 Å². The molecule has 0 atom stereocenters. The van der Waals surface area contributed by atoms with Crippen molar-refractivity contribution in [3.05, 3.63) is 21.9 Å². The van der Waals surface area contributed by atoms with E-state index in [0.717, 1.165) is 30.8 Å². The monoisotopic (exact) mass is 306 g/mol. The summed E-state index contributed by atoms with van der Waals surface area (Å²) in [5.74, 6) is 5.41. The first kappa shape index (κ1) is 15.5. The van der Waals surface area contributed by atoms with Crippen molar-refractivity contribution in [3.63, 3.8) is 0 Å². The van der Waals surface area contributed by atoms with Gasteiger partial charge in [-0.3, -0.25) is 9.59 Å². The molecule has 0 saturated carbocycles. The number of likely N-dealkylation sites (tertiary alicyclic amines) is 1. The molecular formula is C15H18N2O3S. The summed E-state index contributed by atoms with van der Waals surface area (Å²) in [6.45, 7) is 1.65. The van der Waals surface area contributed by atoms with Gasteiger partial charge in [0.25, 0.3) is 5.91 Å². The summed E-state index contributed by atoms with van der Waals surface area (Å²) < 4.78 is 0. The molecule has 0 bridgehead atoms. The summed E-state index contributed by atoms with van der Waals surface area (Å²) in [5, 5.41) is 13.0. The van der Waals surface area contributed by atoms with Crippen LogP contribution < -0.4 is 5.32 Å². The number of amides is 2. The number of carbonyl (C=O) groups excluding carboxylic acids is 2. The van der Waals surface area contributed by atoms with Gasteiger partial charge in [0.05, 0.1) is 23.6 Å². The Kier molecular flexibility index (Phi) is 5.78. The molecule has 2 rings (SSSR count). The summed E-state index contributed by atoms with van der Waals surface area (Å²) in [4.78, 5) is 26.3. The van der Waals surface area contributed by atoms with Crippen LogP contribution in [0.2, 0.25) is 0 Å². The molecule has 1 saturated heterocycles. The van der Waals surface area contributed by atoms with Gasteiger partial charge in [0, 0.05) is 24.9 Å². The standard InChI is InChI=1S/C15H18N2O3S/c18-8-4-1-5-13-9-12(11-21-13)15(20)16-10-14(19)17-6-2-3-7-17/h9,11,18H,2-4,6-8,10H2,(H,16,20). The third-order valence-electron chi connectivity index (χ3n) is 3.17.